The number of nitrogens with zero attached hydrogens (tertiary/aromatic N) is 3. The molecule has 1 atom stereocenters. The summed E-state index contributed by atoms with van der Waals surface area (Å²) in [6.45, 7) is 5.48. The molecule has 0 spiro atoms. The molecule has 0 aliphatic carbocycles. The fraction of sp³-hybridized carbons (Fsp3) is 0.533. The van der Waals surface area contributed by atoms with Gasteiger partial charge in [-0.05, 0) is 25.1 Å². The summed E-state index contributed by atoms with van der Waals surface area (Å²) in [7, 11) is 0. The molecule has 21 heavy (non-hydrogen) atoms. The maximum atomic E-state index is 12.7. The number of nitriles is 1. The molecule has 0 radical (unpaired) electrons. The first-order valence-electron chi connectivity index (χ1n) is 6.94. The van der Waals surface area contributed by atoms with Crippen molar-refractivity contribution in [3.8, 4) is 6.07 Å². The van der Waals surface area contributed by atoms with Crippen LogP contribution in [0.25, 0.3) is 0 Å². The van der Waals surface area contributed by atoms with Crippen LogP contribution in [0.4, 0.5) is 18.9 Å². The maximum absolute atomic E-state index is 12.7. The summed E-state index contributed by atoms with van der Waals surface area (Å²) in [5.41, 5.74) is -0.00154. The Morgan fingerprint density at radius 2 is 1.90 bits per heavy atom. The third-order valence-corrected chi connectivity index (χ3v) is 3.66. The Balaban J connectivity index is 1.98. The van der Waals surface area contributed by atoms with Crippen LogP contribution in [0.2, 0.25) is 0 Å². The zero-order chi connectivity index (χ0) is 15.5. The Morgan fingerprint density at radius 1 is 1.24 bits per heavy atom. The fourth-order valence-corrected chi connectivity index (χ4v) is 2.50. The van der Waals surface area contributed by atoms with Crippen LogP contribution in [0, 0.1) is 17.2 Å². The van der Waals surface area contributed by atoms with E-state index in [2.05, 4.69) is 11.0 Å². The minimum atomic E-state index is -4.31. The quantitative estimate of drug-likeness (QED) is 0.859. The van der Waals surface area contributed by atoms with Gasteiger partial charge in [0.1, 0.15) is 0 Å². The molecule has 0 bridgehead atoms. The number of hydrogen-bond donors (Lipinski definition) is 0. The van der Waals surface area contributed by atoms with Gasteiger partial charge in [0, 0.05) is 38.4 Å². The van der Waals surface area contributed by atoms with Gasteiger partial charge in [0.05, 0.1) is 17.6 Å². The van der Waals surface area contributed by atoms with Gasteiger partial charge in [-0.2, -0.15) is 18.4 Å². The van der Waals surface area contributed by atoms with Crippen LogP contribution in [0.5, 0.6) is 0 Å². The minimum absolute atomic E-state index is 0.0230. The number of alkyl halides is 3. The average Bonchev–Trinajstić information content (AvgIpc) is 2.47. The van der Waals surface area contributed by atoms with Gasteiger partial charge in [0.15, 0.2) is 0 Å². The van der Waals surface area contributed by atoms with Gasteiger partial charge >= 0.3 is 6.18 Å². The first kappa shape index (κ1) is 15.6. The number of hydrogen-bond acceptors (Lipinski definition) is 3. The van der Waals surface area contributed by atoms with Crippen molar-refractivity contribution in [2.75, 3.05) is 37.6 Å². The Kier molecular flexibility index (Phi) is 4.73. The highest BCUT2D eigenvalue weighted by Gasteiger charge is 2.31. The lowest BCUT2D eigenvalue weighted by molar-refractivity contribution is -0.137. The van der Waals surface area contributed by atoms with Crippen molar-refractivity contribution < 1.29 is 13.2 Å². The van der Waals surface area contributed by atoms with Gasteiger partial charge in [0.25, 0.3) is 0 Å². The zero-order valence-corrected chi connectivity index (χ0v) is 11.9. The van der Waals surface area contributed by atoms with Gasteiger partial charge in [-0.1, -0.05) is 6.07 Å². The topological polar surface area (TPSA) is 30.3 Å². The molecule has 1 heterocycles. The van der Waals surface area contributed by atoms with E-state index >= 15 is 0 Å². The molecular formula is C15H18F3N3. The molecule has 1 aliphatic heterocycles. The van der Waals surface area contributed by atoms with E-state index in [4.69, 9.17) is 5.26 Å². The molecule has 3 nitrogen and oxygen atoms in total. The molecule has 0 saturated carbocycles. The summed E-state index contributed by atoms with van der Waals surface area (Å²) < 4.78 is 38.2. The molecule has 1 aromatic rings. The Labute approximate surface area is 122 Å². The molecule has 114 valence electrons. The second kappa shape index (κ2) is 6.35. The van der Waals surface area contributed by atoms with E-state index in [0.717, 1.165) is 19.2 Å². The normalized spacial score (nSPS) is 18.3. The van der Waals surface area contributed by atoms with E-state index in [1.54, 1.807) is 6.07 Å². The van der Waals surface area contributed by atoms with Crippen molar-refractivity contribution in [2.24, 2.45) is 5.92 Å². The largest absolute Gasteiger partial charge is 0.416 e. The van der Waals surface area contributed by atoms with Crippen molar-refractivity contribution in [3.63, 3.8) is 0 Å². The second-order valence-electron chi connectivity index (χ2n) is 5.37. The van der Waals surface area contributed by atoms with E-state index in [-0.39, 0.29) is 5.92 Å². The van der Waals surface area contributed by atoms with Crippen molar-refractivity contribution >= 4 is 5.69 Å². The molecule has 1 unspecified atom stereocenters. The summed E-state index contributed by atoms with van der Waals surface area (Å²) >= 11 is 0. The molecule has 0 N–H and O–H groups in total. The molecule has 1 saturated heterocycles. The number of benzene rings is 1. The highest BCUT2D eigenvalue weighted by atomic mass is 19.4. The lowest BCUT2D eigenvalue weighted by atomic mass is 10.1. The van der Waals surface area contributed by atoms with E-state index in [9.17, 15) is 13.2 Å². The zero-order valence-electron chi connectivity index (χ0n) is 11.9. The van der Waals surface area contributed by atoms with Gasteiger partial charge in [-0.3, -0.25) is 4.90 Å². The third kappa shape index (κ3) is 4.11. The lowest BCUT2D eigenvalue weighted by Gasteiger charge is -2.36. The molecule has 1 aromatic carbocycles. The Morgan fingerprint density at radius 3 is 2.48 bits per heavy atom. The standard InChI is InChI=1S/C15H18F3N3/c1-12(10-19)11-20-5-7-21(8-6-20)14-4-2-3-13(9-14)15(16,17)18/h2-4,9,12H,5-8,11H2,1H3. The van der Waals surface area contributed by atoms with E-state index in [1.807, 2.05) is 11.8 Å². The monoisotopic (exact) mass is 297 g/mol. The molecule has 6 heteroatoms. The third-order valence-electron chi connectivity index (χ3n) is 3.66. The summed E-state index contributed by atoms with van der Waals surface area (Å²) in [5.74, 6) is -0.0230. The number of rotatable bonds is 3. The van der Waals surface area contributed by atoms with Crippen LogP contribution in [-0.4, -0.2) is 37.6 Å². The molecule has 0 amide bonds. The van der Waals surface area contributed by atoms with Crippen molar-refractivity contribution in [1.29, 1.82) is 5.26 Å². The van der Waals surface area contributed by atoms with Crippen LogP contribution >= 0.6 is 0 Å². The van der Waals surface area contributed by atoms with Gasteiger partial charge in [-0.25, -0.2) is 0 Å². The number of piperazine rings is 1. The van der Waals surface area contributed by atoms with Gasteiger partial charge in [-0.15, -0.1) is 0 Å². The van der Waals surface area contributed by atoms with Crippen molar-refractivity contribution in [3.05, 3.63) is 29.8 Å². The average molecular weight is 297 g/mol. The molecule has 0 aromatic heterocycles. The summed E-state index contributed by atoms with van der Waals surface area (Å²) in [5, 5.41) is 8.81. The molecular weight excluding hydrogens is 279 g/mol. The highest BCUT2D eigenvalue weighted by molar-refractivity contribution is 5.49. The minimum Gasteiger partial charge on any atom is -0.369 e. The fourth-order valence-electron chi connectivity index (χ4n) is 2.50. The van der Waals surface area contributed by atoms with E-state index < -0.39 is 11.7 Å². The Hall–Kier alpha value is -1.74. The predicted octanol–water partition coefficient (Wildman–Crippen LogP) is 2.99. The lowest BCUT2D eigenvalue weighted by Crippen LogP contribution is -2.47. The summed E-state index contributed by atoms with van der Waals surface area (Å²) in [6, 6.07) is 7.65. The van der Waals surface area contributed by atoms with E-state index in [0.29, 0.717) is 25.3 Å². The molecule has 1 fully saturated rings. The number of halogens is 3. The molecule has 1 aliphatic rings. The first-order valence-corrected chi connectivity index (χ1v) is 6.94. The van der Waals surface area contributed by atoms with Crippen molar-refractivity contribution in [1.82, 2.24) is 4.90 Å². The summed E-state index contributed by atoms with van der Waals surface area (Å²) in [4.78, 5) is 4.14. The summed E-state index contributed by atoms with van der Waals surface area (Å²) in [6.07, 6.45) is -4.31. The first-order chi connectivity index (χ1) is 9.90. The van der Waals surface area contributed by atoms with Crippen molar-refractivity contribution in [2.45, 2.75) is 13.1 Å². The SMILES string of the molecule is CC(C#N)CN1CCN(c2cccc(C(F)(F)F)c2)CC1. The molecule has 2 rings (SSSR count). The van der Waals surface area contributed by atoms with Crippen LogP contribution < -0.4 is 4.90 Å². The smallest absolute Gasteiger partial charge is 0.369 e. The van der Waals surface area contributed by atoms with Crippen LogP contribution in [0.15, 0.2) is 24.3 Å². The second-order valence-corrected chi connectivity index (χ2v) is 5.37. The highest BCUT2D eigenvalue weighted by Crippen LogP contribution is 2.31. The Bertz CT molecular complexity index is 514. The van der Waals surface area contributed by atoms with Crippen LogP contribution in [-0.2, 0) is 6.18 Å². The van der Waals surface area contributed by atoms with Crippen LogP contribution in [0.1, 0.15) is 12.5 Å². The van der Waals surface area contributed by atoms with Crippen LogP contribution in [0.3, 0.4) is 0 Å². The number of anilines is 1. The predicted molar refractivity (Wildman–Crippen MR) is 74.9 cm³/mol. The maximum Gasteiger partial charge on any atom is 0.416 e. The van der Waals surface area contributed by atoms with E-state index in [1.165, 1.54) is 12.1 Å². The van der Waals surface area contributed by atoms with Gasteiger partial charge in [0.2, 0.25) is 0 Å². The van der Waals surface area contributed by atoms with Gasteiger partial charge < -0.3 is 4.90 Å².